The first-order valence-corrected chi connectivity index (χ1v) is 11.2. The minimum absolute atomic E-state index is 0.0504. The van der Waals surface area contributed by atoms with Gasteiger partial charge in [-0.2, -0.15) is 0 Å². The first-order chi connectivity index (χ1) is 16.0. The zero-order valence-electron chi connectivity index (χ0n) is 17.8. The number of hydrogen-bond donors (Lipinski definition) is 4. The Morgan fingerprint density at radius 3 is 1.64 bits per heavy atom. The van der Waals surface area contributed by atoms with Crippen LogP contribution in [0.3, 0.4) is 0 Å². The zero-order chi connectivity index (χ0) is 24.1. The number of isocyanates is 2. The number of ketones is 2. The van der Waals surface area contributed by atoms with Crippen molar-refractivity contribution in [3.8, 4) is 0 Å². The number of carbonyl (C=O) groups is 2. The third-order valence-electron chi connectivity index (χ3n) is 4.80. The smallest absolute Gasteiger partial charge is 0.234 e. The fraction of sp³-hybridized carbons (Fsp3) is 0.500. The van der Waals surface area contributed by atoms with E-state index in [0.29, 0.717) is 11.4 Å². The van der Waals surface area contributed by atoms with Crippen LogP contribution in [0, 0.1) is 0 Å². The number of aliphatic imine (C=N–C) groups is 2. The van der Waals surface area contributed by atoms with Gasteiger partial charge in [0.2, 0.25) is 12.2 Å². The molecule has 176 valence electrons. The number of hydrogen-bond acceptors (Lipinski definition) is 11. The fourth-order valence-electron chi connectivity index (χ4n) is 3.14. The Morgan fingerprint density at radius 2 is 1.30 bits per heavy atom. The molecule has 2 aromatic heterocycles. The van der Waals surface area contributed by atoms with Gasteiger partial charge in [-0.1, -0.05) is 0 Å². The van der Waals surface area contributed by atoms with Crippen molar-refractivity contribution in [1.82, 2.24) is 19.9 Å². The van der Waals surface area contributed by atoms with Gasteiger partial charge in [0.15, 0.2) is 11.6 Å². The standard InChI is InChI=1S/C20H26N8O4S/c21-15(5-13-7-25-9-27-13)19(31)17(1-3-23-11-29)33-18(2-4-24-12-30)20(32)16(22)6-14-8-26-10-28-14/h7-10,15-18H,1-6,21-22H2,(H,25,27)(H,26,28)/t15-,16-,17?,18?/m0/s1. The monoisotopic (exact) mass is 474 g/mol. The summed E-state index contributed by atoms with van der Waals surface area (Å²) in [4.78, 5) is 68.0. The molecule has 0 bridgehead atoms. The highest BCUT2D eigenvalue weighted by Crippen LogP contribution is 2.27. The van der Waals surface area contributed by atoms with E-state index in [-0.39, 0.29) is 50.3 Å². The SMILES string of the molecule is N[C@@H](Cc1c[nH]cn1)C(=O)C(CCN=C=O)SC(CCN=C=O)C(=O)[C@@H](N)Cc1c[nH]cn1. The molecule has 12 nitrogen and oxygen atoms in total. The molecule has 0 radical (unpaired) electrons. The van der Waals surface area contributed by atoms with Crippen LogP contribution in [0.15, 0.2) is 35.0 Å². The Hall–Kier alpha value is -3.21. The van der Waals surface area contributed by atoms with E-state index < -0.39 is 22.6 Å². The predicted octanol–water partition coefficient (Wildman–Crippen LogP) is -0.367. The number of rotatable bonds is 16. The molecule has 2 heterocycles. The summed E-state index contributed by atoms with van der Waals surface area (Å²) in [6.07, 6.45) is 9.93. The largest absolute Gasteiger partial charge is 0.351 e. The number of nitrogens with zero attached hydrogens (tertiary/aromatic N) is 4. The third-order valence-corrected chi connectivity index (χ3v) is 6.39. The third kappa shape index (κ3) is 8.68. The lowest BCUT2D eigenvalue weighted by Gasteiger charge is -2.25. The topological polar surface area (TPSA) is 202 Å². The summed E-state index contributed by atoms with van der Waals surface area (Å²) in [7, 11) is 0. The average Bonchev–Trinajstić information content (AvgIpc) is 3.51. The van der Waals surface area contributed by atoms with E-state index in [1.165, 1.54) is 24.8 Å². The molecular formula is C20H26N8O4S. The van der Waals surface area contributed by atoms with Crippen LogP contribution in [0.25, 0.3) is 0 Å². The second-order valence-corrected chi connectivity index (χ2v) is 8.59. The molecule has 0 saturated carbocycles. The van der Waals surface area contributed by atoms with E-state index in [2.05, 4.69) is 29.9 Å². The average molecular weight is 475 g/mol. The Kier molecular flexibility index (Phi) is 11.1. The van der Waals surface area contributed by atoms with Crippen LogP contribution in [-0.4, -0.2) is 79.3 Å². The van der Waals surface area contributed by atoms with Crippen LogP contribution >= 0.6 is 11.8 Å². The summed E-state index contributed by atoms with van der Waals surface area (Å²) in [5, 5.41) is -1.47. The van der Waals surface area contributed by atoms with Crippen molar-refractivity contribution in [2.45, 2.75) is 48.3 Å². The van der Waals surface area contributed by atoms with Crippen molar-refractivity contribution in [3.63, 3.8) is 0 Å². The molecule has 0 aliphatic carbocycles. The van der Waals surface area contributed by atoms with Gasteiger partial charge in [-0.05, 0) is 12.8 Å². The highest BCUT2D eigenvalue weighted by Gasteiger charge is 2.32. The number of nitrogens with one attached hydrogen (secondary N) is 2. The summed E-state index contributed by atoms with van der Waals surface area (Å²) < 4.78 is 0. The van der Waals surface area contributed by atoms with E-state index in [9.17, 15) is 19.2 Å². The summed E-state index contributed by atoms with van der Waals surface area (Å²) in [5.41, 5.74) is 13.5. The second kappa shape index (κ2) is 14.0. The lowest BCUT2D eigenvalue weighted by atomic mass is 10.0. The molecule has 33 heavy (non-hydrogen) atoms. The normalized spacial score (nSPS) is 14.4. The van der Waals surface area contributed by atoms with Gasteiger partial charge >= 0.3 is 0 Å². The molecule has 2 aromatic rings. The minimum Gasteiger partial charge on any atom is -0.351 e. The number of carbonyl (C=O) groups excluding carboxylic acids is 4. The van der Waals surface area contributed by atoms with Gasteiger partial charge in [0.25, 0.3) is 0 Å². The number of aromatic amines is 2. The molecule has 0 amide bonds. The van der Waals surface area contributed by atoms with Crippen molar-refractivity contribution in [1.29, 1.82) is 0 Å². The van der Waals surface area contributed by atoms with Crippen LogP contribution < -0.4 is 11.5 Å². The first kappa shape index (κ1) is 26.0. The molecule has 0 fully saturated rings. The predicted molar refractivity (Wildman–Crippen MR) is 121 cm³/mol. The number of aromatic nitrogens is 4. The quantitative estimate of drug-likeness (QED) is 0.185. The van der Waals surface area contributed by atoms with Gasteiger partial charge in [0.1, 0.15) is 0 Å². The van der Waals surface area contributed by atoms with Crippen molar-refractivity contribution < 1.29 is 19.2 Å². The van der Waals surface area contributed by atoms with Crippen LogP contribution in [0.1, 0.15) is 24.2 Å². The van der Waals surface area contributed by atoms with Crippen molar-refractivity contribution >= 4 is 35.5 Å². The highest BCUT2D eigenvalue weighted by atomic mass is 32.2. The maximum Gasteiger partial charge on any atom is 0.234 e. The molecular weight excluding hydrogens is 448 g/mol. The molecule has 0 saturated heterocycles. The second-order valence-electron chi connectivity index (χ2n) is 7.18. The van der Waals surface area contributed by atoms with Crippen molar-refractivity contribution in [3.05, 3.63) is 36.4 Å². The minimum atomic E-state index is -0.868. The van der Waals surface area contributed by atoms with Crippen LogP contribution in [0.4, 0.5) is 0 Å². The fourth-order valence-corrected chi connectivity index (χ4v) is 4.64. The molecule has 6 N–H and O–H groups in total. The molecule has 2 unspecified atom stereocenters. The number of thioether (sulfide) groups is 1. The molecule has 4 atom stereocenters. The number of imidazole rings is 2. The number of nitrogens with two attached hydrogens (primary N) is 2. The highest BCUT2D eigenvalue weighted by molar-refractivity contribution is 8.01. The van der Waals surface area contributed by atoms with E-state index in [1.54, 1.807) is 12.4 Å². The Morgan fingerprint density at radius 1 is 0.879 bits per heavy atom. The van der Waals surface area contributed by atoms with Crippen LogP contribution in [-0.2, 0) is 32.0 Å². The number of Topliss-reactive ketones (excluding diaryl/α,β-unsaturated/α-hetero) is 2. The Balaban J connectivity index is 2.16. The summed E-state index contributed by atoms with van der Waals surface area (Å²) >= 11 is 1.09. The summed E-state index contributed by atoms with van der Waals surface area (Å²) in [5.74, 6) is -0.608. The lowest BCUT2D eigenvalue weighted by molar-refractivity contribution is -0.119. The lowest BCUT2D eigenvalue weighted by Crippen LogP contribution is -2.43. The van der Waals surface area contributed by atoms with Gasteiger partial charge in [0.05, 0.1) is 59.7 Å². The van der Waals surface area contributed by atoms with Gasteiger partial charge < -0.3 is 21.4 Å². The Bertz CT molecular complexity index is 890. The summed E-state index contributed by atoms with van der Waals surface area (Å²) in [6, 6.07) is -1.74. The van der Waals surface area contributed by atoms with Gasteiger partial charge in [-0.3, -0.25) is 9.59 Å². The van der Waals surface area contributed by atoms with Crippen LogP contribution in [0.2, 0.25) is 0 Å². The summed E-state index contributed by atoms with van der Waals surface area (Å²) in [6.45, 7) is 0.101. The molecule has 0 aliphatic rings. The van der Waals surface area contributed by atoms with E-state index >= 15 is 0 Å². The maximum atomic E-state index is 13.1. The van der Waals surface area contributed by atoms with Crippen molar-refractivity contribution in [2.24, 2.45) is 21.5 Å². The number of H-pyrrole nitrogens is 2. The zero-order valence-corrected chi connectivity index (χ0v) is 18.7. The van der Waals surface area contributed by atoms with Gasteiger partial charge in [0, 0.05) is 25.2 Å². The molecule has 0 spiro atoms. The Labute approximate surface area is 194 Å². The van der Waals surface area contributed by atoms with E-state index in [4.69, 9.17) is 11.5 Å². The van der Waals surface area contributed by atoms with Crippen LogP contribution in [0.5, 0.6) is 0 Å². The maximum absolute atomic E-state index is 13.1. The van der Waals surface area contributed by atoms with Gasteiger partial charge in [-0.15, -0.1) is 11.8 Å². The molecule has 13 heteroatoms. The first-order valence-electron chi connectivity index (χ1n) is 10.2. The molecule has 2 rings (SSSR count). The van der Waals surface area contributed by atoms with E-state index in [1.807, 2.05) is 0 Å². The van der Waals surface area contributed by atoms with Gasteiger partial charge in [-0.25, -0.2) is 29.5 Å². The van der Waals surface area contributed by atoms with Crippen molar-refractivity contribution in [2.75, 3.05) is 13.1 Å². The molecule has 0 aliphatic heterocycles. The van der Waals surface area contributed by atoms with E-state index in [0.717, 1.165) is 11.8 Å². The molecule has 0 aromatic carbocycles.